The number of likely N-dealkylation sites (N-methyl/N-ethyl adjacent to an activating group) is 1. The van der Waals surface area contributed by atoms with Crippen molar-refractivity contribution in [3.63, 3.8) is 0 Å². The highest BCUT2D eigenvalue weighted by Gasteiger charge is 2.17. The van der Waals surface area contributed by atoms with E-state index in [0.29, 0.717) is 11.2 Å². The molecule has 1 saturated heterocycles. The van der Waals surface area contributed by atoms with E-state index >= 15 is 0 Å². The summed E-state index contributed by atoms with van der Waals surface area (Å²) in [7, 11) is 1.85. The molecule has 0 spiro atoms. The lowest BCUT2D eigenvalue weighted by atomic mass is 10.1. The highest BCUT2D eigenvalue weighted by Crippen LogP contribution is 2.21. The van der Waals surface area contributed by atoms with Gasteiger partial charge in [0.15, 0.2) is 5.96 Å². The van der Waals surface area contributed by atoms with Gasteiger partial charge in [0.05, 0.1) is 0 Å². The molecular weight excluding hydrogens is 481 g/mol. The molecule has 1 aliphatic heterocycles. The van der Waals surface area contributed by atoms with Crippen LogP contribution in [-0.2, 0) is 0 Å². The van der Waals surface area contributed by atoms with Gasteiger partial charge >= 0.3 is 0 Å². The van der Waals surface area contributed by atoms with Crippen LogP contribution in [0, 0.1) is 5.92 Å². The van der Waals surface area contributed by atoms with Crippen molar-refractivity contribution in [3.05, 3.63) is 30.3 Å². The fourth-order valence-electron chi connectivity index (χ4n) is 3.30. The molecule has 0 aliphatic carbocycles. The first-order valence-corrected chi connectivity index (χ1v) is 11.1. The van der Waals surface area contributed by atoms with Gasteiger partial charge in [-0.2, -0.15) is 0 Å². The number of rotatable bonds is 9. The van der Waals surface area contributed by atoms with Crippen LogP contribution < -0.4 is 10.6 Å². The van der Waals surface area contributed by atoms with Gasteiger partial charge in [-0.3, -0.25) is 4.99 Å². The van der Waals surface area contributed by atoms with Crippen molar-refractivity contribution in [1.29, 1.82) is 0 Å². The fraction of sp³-hybridized carbons (Fsp3) is 0.667. The quantitative estimate of drug-likeness (QED) is 0.227. The normalized spacial score (nSPS) is 18.2. The Hall–Kier alpha value is -0.510. The maximum Gasteiger partial charge on any atom is 0.191 e. The Morgan fingerprint density at radius 2 is 1.64 bits per heavy atom. The van der Waals surface area contributed by atoms with E-state index in [-0.39, 0.29) is 24.0 Å². The van der Waals surface area contributed by atoms with Gasteiger partial charge in [0.2, 0.25) is 0 Å². The van der Waals surface area contributed by atoms with Gasteiger partial charge in [0, 0.05) is 63.0 Å². The van der Waals surface area contributed by atoms with Crippen LogP contribution in [0.25, 0.3) is 0 Å². The van der Waals surface area contributed by atoms with Crippen LogP contribution in [0.1, 0.15) is 20.8 Å². The van der Waals surface area contributed by atoms with Crippen molar-refractivity contribution in [2.45, 2.75) is 30.9 Å². The number of halogens is 1. The zero-order chi connectivity index (χ0) is 19.5. The largest absolute Gasteiger partial charge is 0.356 e. The second-order valence-electron chi connectivity index (χ2n) is 7.42. The monoisotopic (exact) mass is 519 g/mol. The van der Waals surface area contributed by atoms with Gasteiger partial charge in [0.1, 0.15) is 0 Å². The standard InChI is InChI=1S/C21H37N5S.HI/c1-5-25-11-13-26(14-12-25)17-18(2)15-23-21(22-4)24-16-19(3)27-20-9-7-6-8-10-20;/h6-10,18-19H,5,11-17H2,1-4H3,(H2,22,23,24);1H. The molecule has 1 fully saturated rings. The van der Waals surface area contributed by atoms with Crippen molar-refractivity contribution in [2.75, 3.05) is 59.4 Å². The summed E-state index contributed by atoms with van der Waals surface area (Å²) in [5.41, 5.74) is 0. The Labute approximate surface area is 193 Å². The van der Waals surface area contributed by atoms with Gasteiger partial charge in [0.25, 0.3) is 0 Å². The summed E-state index contributed by atoms with van der Waals surface area (Å²) in [5.74, 6) is 1.51. The van der Waals surface area contributed by atoms with Crippen molar-refractivity contribution in [2.24, 2.45) is 10.9 Å². The number of hydrogen-bond acceptors (Lipinski definition) is 4. The average Bonchev–Trinajstić information content (AvgIpc) is 2.69. The van der Waals surface area contributed by atoms with E-state index in [1.54, 1.807) is 0 Å². The predicted molar refractivity (Wildman–Crippen MR) is 134 cm³/mol. The first kappa shape index (κ1) is 25.5. The Morgan fingerprint density at radius 3 is 2.25 bits per heavy atom. The lowest BCUT2D eigenvalue weighted by Crippen LogP contribution is -2.48. The zero-order valence-corrected chi connectivity index (χ0v) is 21.0. The molecule has 160 valence electrons. The van der Waals surface area contributed by atoms with Crippen LogP contribution in [-0.4, -0.2) is 80.4 Å². The molecule has 0 aromatic heterocycles. The number of piperazine rings is 1. The molecular formula is C21H38IN5S. The summed E-state index contributed by atoms with van der Waals surface area (Å²) in [6, 6.07) is 10.6. The molecule has 28 heavy (non-hydrogen) atoms. The number of aliphatic imine (C=N–C) groups is 1. The second kappa shape index (κ2) is 14.5. The Morgan fingerprint density at radius 1 is 1.04 bits per heavy atom. The van der Waals surface area contributed by atoms with Gasteiger partial charge in [-0.15, -0.1) is 35.7 Å². The van der Waals surface area contributed by atoms with E-state index in [2.05, 4.69) is 76.5 Å². The van der Waals surface area contributed by atoms with Gasteiger partial charge < -0.3 is 20.4 Å². The fourth-order valence-corrected chi connectivity index (χ4v) is 4.24. The lowest BCUT2D eigenvalue weighted by molar-refractivity contribution is 0.124. The van der Waals surface area contributed by atoms with E-state index in [1.165, 1.54) is 37.6 Å². The number of thioether (sulfide) groups is 1. The molecule has 1 aromatic rings. The Balaban J connectivity index is 0.00000392. The molecule has 2 unspecified atom stereocenters. The van der Waals surface area contributed by atoms with Gasteiger partial charge in [-0.25, -0.2) is 0 Å². The summed E-state index contributed by atoms with van der Waals surface area (Å²) in [5, 5.41) is 7.43. The number of nitrogens with one attached hydrogen (secondary N) is 2. The zero-order valence-electron chi connectivity index (χ0n) is 17.9. The highest BCUT2D eigenvalue weighted by molar-refractivity contribution is 14.0. The van der Waals surface area contributed by atoms with Crippen LogP contribution in [0.5, 0.6) is 0 Å². The van der Waals surface area contributed by atoms with Crippen molar-refractivity contribution in [1.82, 2.24) is 20.4 Å². The van der Waals surface area contributed by atoms with Crippen molar-refractivity contribution >= 4 is 41.7 Å². The number of nitrogens with zero attached hydrogens (tertiary/aromatic N) is 3. The number of hydrogen-bond donors (Lipinski definition) is 2. The molecule has 0 bridgehead atoms. The maximum atomic E-state index is 4.37. The van der Waals surface area contributed by atoms with E-state index in [1.807, 2.05) is 18.8 Å². The SMILES string of the molecule is CCN1CCN(CC(C)CNC(=NC)NCC(C)Sc2ccccc2)CC1.I. The van der Waals surface area contributed by atoms with Gasteiger partial charge in [-0.05, 0) is 24.6 Å². The molecule has 2 N–H and O–H groups in total. The van der Waals surface area contributed by atoms with Crippen LogP contribution in [0.15, 0.2) is 40.2 Å². The molecule has 7 heteroatoms. The predicted octanol–water partition coefficient (Wildman–Crippen LogP) is 3.22. The molecule has 1 heterocycles. The molecule has 2 rings (SSSR count). The van der Waals surface area contributed by atoms with Crippen LogP contribution in [0.2, 0.25) is 0 Å². The van der Waals surface area contributed by atoms with E-state index < -0.39 is 0 Å². The highest BCUT2D eigenvalue weighted by atomic mass is 127. The molecule has 0 saturated carbocycles. The third kappa shape index (κ3) is 9.80. The molecule has 1 aliphatic rings. The minimum atomic E-state index is 0. The van der Waals surface area contributed by atoms with E-state index in [4.69, 9.17) is 0 Å². The smallest absolute Gasteiger partial charge is 0.191 e. The Kier molecular flexibility index (Phi) is 13.2. The number of benzene rings is 1. The van der Waals surface area contributed by atoms with E-state index in [9.17, 15) is 0 Å². The lowest BCUT2D eigenvalue weighted by Gasteiger charge is -2.35. The first-order valence-electron chi connectivity index (χ1n) is 10.2. The Bertz CT molecular complexity index is 549. The van der Waals surface area contributed by atoms with Crippen LogP contribution in [0.4, 0.5) is 0 Å². The average molecular weight is 520 g/mol. The summed E-state index contributed by atoms with van der Waals surface area (Å²) in [4.78, 5) is 10.8. The van der Waals surface area contributed by atoms with Gasteiger partial charge in [-0.1, -0.05) is 39.0 Å². The van der Waals surface area contributed by atoms with Crippen molar-refractivity contribution in [3.8, 4) is 0 Å². The molecule has 5 nitrogen and oxygen atoms in total. The molecule has 0 radical (unpaired) electrons. The van der Waals surface area contributed by atoms with Crippen LogP contribution >= 0.6 is 35.7 Å². The summed E-state index contributed by atoms with van der Waals surface area (Å²) in [6.45, 7) is 15.8. The summed E-state index contributed by atoms with van der Waals surface area (Å²) >= 11 is 1.89. The minimum Gasteiger partial charge on any atom is -0.356 e. The molecule has 1 aromatic carbocycles. The minimum absolute atomic E-state index is 0. The maximum absolute atomic E-state index is 4.37. The molecule has 0 amide bonds. The summed E-state index contributed by atoms with van der Waals surface area (Å²) in [6.07, 6.45) is 0. The van der Waals surface area contributed by atoms with Crippen molar-refractivity contribution < 1.29 is 0 Å². The van der Waals surface area contributed by atoms with E-state index in [0.717, 1.165) is 25.6 Å². The third-order valence-electron chi connectivity index (χ3n) is 4.96. The third-order valence-corrected chi connectivity index (χ3v) is 6.07. The molecule has 2 atom stereocenters. The topological polar surface area (TPSA) is 42.9 Å². The number of guanidine groups is 1. The first-order chi connectivity index (χ1) is 13.1. The van der Waals surface area contributed by atoms with Crippen LogP contribution in [0.3, 0.4) is 0 Å². The second-order valence-corrected chi connectivity index (χ2v) is 8.93. The summed E-state index contributed by atoms with van der Waals surface area (Å²) < 4.78 is 0.